The van der Waals surface area contributed by atoms with Crippen molar-refractivity contribution in [3.05, 3.63) is 0 Å². The summed E-state index contributed by atoms with van der Waals surface area (Å²) in [7, 11) is 0. The van der Waals surface area contributed by atoms with Crippen molar-refractivity contribution in [2.24, 2.45) is 11.8 Å². The third kappa shape index (κ3) is 5.59. The minimum Gasteiger partial charge on any atom is -0.353 e. The summed E-state index contributed by atoms with van der Waals surface area (Å²) in [4.78, 5) is 14.6. The molecule has 1 saturated heterocycles. The molecule has 1 atom stereocenters. The number of nitrogens with one attached hydrogen (secondary N) is 2. The summed E-state index contributed by atoms with van der Waals surface area (Å²) in [6.07, 6.45) is 7.70. The molecule has 4 heteroatoms. The lowest BCUT2D eigenvalue weighted by Crippen LogP contribution is -2.48. The van der Waals surface area contributed by atoms with E-state index in [0.29, 0.717) is 18.5 Å². The summed E-state index contributed by atoms with van der Waals surface area (Å²) < 4.78 is 0. The lowest BCUT2D eigenvalue weighted by molar-refractivity contribution is -0.120. The predicted octanol–water partition coefficient (Wildman–Crippen LogP) is 2.00. The topological polar surface area (TPSA) is 44.4 Å². The number of carbonyl (C=O) groups is 1. The molecule has 0 spiro atoms. The number of hydrogen-bond donors (Lipinski definition) is 2. The summed E-state index contributed by atoms with van der Waals surface area (Å²) >= 11 is 0. The maximum Gasteiger partial charge on any atom is 0.234 e. The van der Waals surface area contributed by atoms with Crippen LogP contribution in [0.5, 0.6) is 0 Å². The Hall–Kier alpha value is -0.610. The Balaban J connectivity index is 1.72. The van der Waals surface area contributed by atoms with Gasteiger partial charge in [0.1, 0.15) is 0 Å². The highest BCUT2D eigenvalue weighted by Gasteiger charge is 2.27. The fourth-order valence-electron chi connectivity index (χ4n) is 3.49. The molecule has 2 aliphatic rings. The monoisotopic (exact) mass is 295 g/mol. The average molecular weight is 295 g/mol. The summed E-state index contributed by atoms with van der Waals surface area (Å²) in [6.45, 7) is 9.26. The van der Waals surface area contributed by atoms with Crippen LogP contribution in [0.1, 0.15) is 52.4 Å². The maximum atomic E-state index is 12.0. The molecule has 0 aromatic heterocycles. The van der Waals surface area contributed by atoms with E-state index in [1.165, 1.54) is 51.6 Å². The largest absolute Gasteiger partial charge is 0.353 e. The first-order valence-corrected chi connectivity index (χ1v) is 8.96. The van der Waals surface area contributed by atoms with Gasteiger partial charge in [-0.15, -0.1) is 0 Å². The molecule has 4 nitrogen and oxygen atoms in total. The van der Waals surface area contributed by atoms with E-state index in [4.69, 9.17) is 0 Å². The van der Waals surface area contributed by atoms with Crippen LogP contribution in [-0.4, -0.2) is 49.6 Å². The van der Waals surface area contributed by atoms with E-state index in [0.717, 1.165) is 19.0 Å². The third-order valence-corrected chi connectivity index (χ3v) is 5.13. The Kier molecular flexibility index (Phi) is 6.97. The molecule has 1 heterocycles. The lowest BCUT2D eigenvalue weighted by Gasteiger charge is -2.34. The highest BCUT2D eigenvalue weighted by molar-refractivity contribution is 5.78. The molecule has 0 aromatic rings. The van der Waals surface area contributed by atoms with Gasteiger partial charge in [0.2, 0.25) is 5.91 Å². The molecule has 1 saturated carbocycles. The molecule has 0 aromatic carbocycles. The number of carbonyl (C=O) groups excluding carboxylic acids is 1. The highest BCUT2D eigenvalue weighted by Crippen LogP contribution is 2.27. The van der Waals surface area contributed by atoms with Gasteiger partial charge in [-0.1, -0.05) is 26.7 Å². The number of rotatable bonds is 10. The number of likely N-dealkylation sites (tertiary alicyclic amines) is 1. The molecule has 21 heavy (non-hydrogen) atoms. The maximum absolute atomic E-state index is 12.0. The summed E-state index contributed by atoms with van der Waals surface area (Å²) in [5.41, 5.74) is 0. The van der Waals surface area contributed by atoms with E-state index in [-0.39, 0.29) is 5.91 Å². The van der Waals surface area contributed by atoms with Crippen LogP contribution in [0.25, 0.3) is 0 Å². The zero-order chi connectivity index (χ0) is 15.1. The van der Waals surface area contributed by atoms with E-state index in [2.05, 4.69) is 29.4 Å². The molecule has 2 fully saturated rings. The molecule has 0 radical (unpaired) electrons. The van der Waals surface area contributed by atoms with Crippen LogP contribution in [-0.2, 0) is 4.79 Å². The quantitative estimate of drug-likeness (QED) is 0.648. The minimum atomic E-state index is 0.158. The Morgan fingerprint density at radius 3 is 2.43 bits per heavy atom. The second-order valence-electron chi connectivity index (χ2n) is 6.77. The zero-order valence-electron chi connectivity index (χ0n) is 13.9. The van der Waals surface area contributed by atoms with Crippen LogP contribution in [0.15, 0.2) is 0 Å². The predicted molar refractivity (Wildman–Crippen MR) is 87.3 cm³/mol. The van der Waals surface area contributed by atoms with Gasteiger partial charge >= 0.3 is 0 Å². The average Bonchev–Trinajstić information content (AvgIpc) is 3.15. The molecule has 1 amide bonds. The van der Waals surface area contributed by atoms with Gasteiger partial charge in [-0.05, 0) is 57.2 Å². The summed E-state index contributed by atoms with van der Waals surface area (Å²) in [5, 5.41) is 6.43. The van der Waals surface area contributed by atoms with Crippen LogP contribution >= 0.6 is 0 Å². The second kappa shape index (κ2) is 8.74. The second-order valence-corrected chi connectivity index (χ2v) is 6.77. The van der Waals surface area contributed by atoms with Crippen molar-refractivity contribution < 1.29 is 4.79 Å². The van der Waals surface area contributed by atoms with Crippen molar-refractivity contribution in [1.82, 2.24) is 15.5 Å². The Bertz CT molecular complexity index is 305. The first-order valence-electron chi connectivity index (χ1n) is 8.96. The van der Waals surface area contributed by atoms with E-state index in [9.17, 15) is 4.79 Å². The number of hydrogen-bond acceptors (Lipinski definition) is 3. The van der Waals surface area contributed by atoms with Crippen molar-refractivity contribution in [2.45, 2.75) is 58.4 Å². The van der Waals surface area contributed by atoms with Gasteiger partial charge in [0, 0.05) is 12.6 Å². The minimum absolute atomic E-state index is 0.158. The third-order valence-electron chi connectivity index (χ3n) is 5.13. The van der Waals surface area contributed by atoms with Gasteiger partial charge in [0.25, 0.3) is 0 Å². The van der Waals surface area contributed by atoms with Crippen molar-refractivity contribution >= 4 is 5.91 Å². The molecule has 122 valence electrons. The Morgan fingerprint density at radius 2 is 1.86 bits per heavy atom. The van der Waals surface area contributed by atoms with Crippen molar-refractivity contribution in [3.63, 3.8) is 0 Å². The van der Waals surface area contributed by atoms with Gasteiger partial charge in [-0.25, -0.2) is 0 Å². The molecule has 1 unspecified atom stereocenters. The molecule has 2 N–H and O–H groups in total. The molecule has 1 aliphatic carbocycles. The van der Waals surface area contributed by atoms with Gasteiger partial charge in [0.05, 0.1) is 6.54 Å². The molecular formula is C17H33N3O. The fourth-order valence-corrected chi connectivity index (χ4v) is 3.49. The van der Waals surface area contributed by atoms with Crippen LogP contribution in [0.3, 0.4) is 0 Å². The smallest absolute Gasteiger partial charge is 0.234 e. The van der Waals surface area contributed by atoms with Gasteiger partial charge in [-0.2, -0.15) is 0 Å². The number of amides is 1. The standard InChI is InChI=1S/C17H33N3O/c1-3-15(4-2)16(20-9-5-6-10-20)12-19-17(21)13-18-11-14-7-8-14/h14-16,18H,3-13H2,1-2H3,(H,19,21). The van der Waals surface area contributed by atoms with E-state index in [1.54, 1.807) is 0 Å². The van der Waals surface area contributed by atoms with Gasteiger partial charge in [0.15, 0.2) is 0 Å². The summed E-state index contributed by atoms with van der Waals surface area (Å²) in [5.74, 6) is 1.69. The Morgan fingerprint density at radius 1 is 1.19 bits per heavy atom. The molecule has 1 aliphatic heterocycles. The van der Waals surface area contributed by atoms with Crippen LogP contribution in [0.4, 0.5) is 0 Å². The molecule has 2 rings (SSSR count). The SMILES string of the molecule is CCC(CC)C(CNC(=O)CNCC1CC1)N1CCCC1. The fraction of sp³-hybridized carbons (Fsp3) is 0.941. The number of nitrogens with zero attached hydrogens (tertiary/aromatic N) is 1. The normalized spacial score (nSPS) is 20.9. The lowest BCUT2D eigenvalue weighted by atomic mass is 9.93. The highest BCUT2D eigenvalue weighted by atomic mass is 16.1. The molecule has 0 bridgehead atoms. The first kappa shape index (κ1) is 16.8. The zero-order valence-corrected chi connectivity index (χ0v) is 13.9. The van der Waals surface area contributed by atoms with Crippen LogP contribution in [0, 0.1) is 11.8 Å². The van der Waals surface area contributed by atoms with Crippen molar-refractivity contribution in [2.75, 3.05) is 32.7 Å². The summed E-state index contributed by atoms with van der Waals surface area (Å²) in [6, 6.07) is 0.523. The van der Waals surface area contributed by atoms with E-state index in [1.807, 2.05) is 0 Å². The molecular weight excluding hydrogens is 262 g/mol. The van der Waals surface area contributed by atoms with Gasteiger partial charge in [-0.3, -0.25) is 9.69 Å². The first-order chi connectivity index (χ1) is 10.2. The van der Waals surface area contributed by atoms with E-state index < -0.39 is 0 Å². The van der Waals surface area contributed by atoms with Crippen molar-refractivity contribution in [1.29, 1.82) is 0 Å². The van der Waals surface area contributed by atoms with Crippen LogP contribution < -0.4 is 10.6 Å². The van der Waals surface area contributed by atoms with Crippen molar-refractivity contribution in [3.8, 4) is 0 Å². The van der Waals surface area contributed by atoms with Crippen LogP contribution in [0.2, 0.25) is 0 Å². The van der Waals surface area contributed by atoms with Gasteiger partial charge < -0.3 is 10.6 Å². The Labute approximate surface area is 130 Å². The van der Waals surface area contributed by atoms with E-state index >= 15 is 0 Å².